The summed E-state index contributed by atoms with van der Waals surface area (Å²) in [7, 11) is -3.64. The maximum atomic E-state index is 12.7. The number of amides is 1. The zero-order chi connectivity index (χ0) is 24.3. The zero-order valence-corrected chi connectivity index (χ0v) is 18.8. The van der Waals surface area contributed by atoms with E-state index >= 15 is 0 Å². The molecule has 0 aliphatic carbocycles. The van der Waals surface area contributed by atoms with Crippen molar-refractivity contribution in [3.63, 3.8) is 0 Å². The lowest BCUT2D eigenvalue weighted by atomic mass is 10.2. The number of ether oxygens (including phenoxy) is 1. The molecule has 1 aromatic heterocycles. The Labute approximate surface area is 194 Å². The second-order valence-electron chi connectivity index (χ2n) is 7.71. The second-order valence-corrected chi connectivity index (χ2v) is 9.65. The van der Waals surface area contributed by atoms with Gasteiger partial charge in [-0.25, -0.2) is 13.2 Å². The van der Waals surface area contributed by atoms with Gasteiger partial charge < -0.3 is 10.1 Å². The van der Waals surface area contributed by atoms with Gasteiger partial charge in [-0.15, -0.1) is 0 Å². The first-order valence-corrected chi connectivity index (χ1v) is 12.0. The highest BCUT2D eigenvalue weighted by Crippen LogP contribution is 2.23. The Balaban J connectivity index is 1.39. The molecule has 11 nitrogen and oxygen atoms in total. The van der Waals surface area contributed by atoms with E-state index < -0.39 is 46.3 Å². The van der Waals surface area contributed by atoms with Crippen LogP contribution in [0, 0.1) is 0 Å². The highest BCUT2D eigenvalue weighted by Gasteiger charge is 2.27. The molecular formula is C22H22N4O7S. The number of nitrogens with one attached hydrogen (secondary N) is 2. The smallest absolute Gasteiger partial charge is 0.329 e. The minimum absolute atomic E-state index is 0.0634. The molecule has 1 aliphatic heterocycles. The van der Waals surface area contributed by atoms with E-state index in [1.165, 1.54) is 40.7 Å². The van der Waals surface area contributed by atoms with Crippen molar-refractivity contribution in [1.29, 1.82) is 0 Å². The fourth-order valence-electron chi connectivity index (χ4n) is 3.73. The number of anilines is 1. The number of rotatable bonds is 7. The molecule has 0 bridgehead atoms. The summed E-state index contributed by atoms with van der Waals surface area (Å²) in [5.74, 6) is -1.54. The van der Waals surface area contributed by atoms with Gasteiger partial charge in [0.25, 0.3) is 11.5 Å². The molecule has 2 heterocycles. The van der Waals surface area contributed by atoms with Crippen molar-refractivity contribution < 1.29 is 22.7 Å². The fourth-order valence-corrected chi connectivity index (χ4v) is 5.29. The SMILES string of the molecule is O=C(COC(=O)Cn1c(=O)[nH]c(=O)c2ccccc21)Nc1cccc(S(=O)(=O)N2CCCC2)c1. The molecule has 0 radical (unpaired) electrons. The van der Waals surface area contributed by atoms with Crippen molar-refractivity contribution in [1.82, 2.24) is 13.9 Å². The predicted octanol–water partition coefficient (Wildman–Crippen LogP) is 0.656. The summed E-state index contributed by atoms with van der Waals surface area (Å²) in [6.07, 6.45) is 1.62. The number of sulfonamides is 1. The largest absolute Gasteiger partial charge is 0.454 e. The minimum Gasteiger partial charge on any atom is -0.454 e. The molecule has 178 valence electrons. The van der Waals surface area contributed by atoms with Gasteiger partial charge in [-0.2, -0.15) is 4.31 Å². The number of esters is 1. The Morgan fingerprint density at radius 1 is 1.03 bits per heavy atom. The lowest BCUT2D eigenvalue weighted by Gasteiger charge is -2.16. The van der Waals surface area contributed by atoms with Gasteiger partial charge in [0, 0.05) is 18.8 Å². The number of hydrogen-bond acceptors (Lipinski definition) is 7. The summed E-state index contributed by atoms with van der Waals surface area (Å²) in [6, 6.07) is 12.1. The third-order valence-corrected chi connectivity index (χ3v) is 7.27. The van der Waals surface area contributed by atoms with E-state index in [1.54, 1.807) is 12.1 Å². The Bertz CT molecular complexity index is 1470. The summed E-state index contributed by atoms with van der Waals surface area (Å²) in [5.41, 5.74) is -0.849. The lowest BCUT2D eigenvalue weighted by Crippen LogP contribution is -2.33. The molecule has 0 spiro atoms. The molecule has 0 saturated carbocycles. The van der Waals surface area contributed by atoms with Crippen LogP contribution in [0.15, 0.2) is 63.0 Å². The molecule has 1 saturated heterocycles. The van der Waals surface area contributed by atoms with Crippen LogP contribution in [-0.4, -0.2) is 53.8 Å². The highest BCUT2D eigenvalue weighted by atomic mass is 32.2. The van der Waals surface area contributed by atoms with Gasteiger partial charge in [0.1, 0.15) is 6.54 Å². The summed E-state index contributed by atoms with van der Waals surface area (Å²) in [5, 5.41) is 2.73. The van der Waals surface area contributed by atoms with Crippen LogP contribution in [0.4, 0.5) is 5.69 Å². The van der Waals surface area contributed by atoms with Crippen LogP contribution in [-0.2, 0) is 30.9 Å². The first-order valence-electron chi connectivity index (χ1n) is 10.5. The number of nitrogens with zero attached hydrogens (tertiary/aromatic N) is 2. The first-order chi connectivity index (χ1) is 16.3. The Morgan fingerprint density at radius 3 is 2.53 bits per heavy atom. The van der Waals surface area contributed by atoms with Gasteiger partial charge >= 0.3 is 11.7 Å². The number of benzene rings is 2. The van der Waals surface area contributed by atoms with E-state index in [4.69, 9.17) is 4.74 Å². The van der Waals surface area contributed by atoms with Gasteiger partial charge in [-0.05, 0) is 43.2 Å². The molecule has 0 atom stereocenters. The Morgan fingerprint density at radius 2 is 1.76 bits per heavy atom. The molecular weight excluding hydrogens is 464 g/mol. The summed E-state index contributed by atoms with van der Waals surface area (Å²) >= 11 is 0. The highest BCUT2D eigenvalue weighted by molar-refractivity contribution is 7.89. The van der Waals surface area contributed by atoms with Gasteiger partial charge in [0.2, 0.25) is 10.0 Å². The van der Waals surface area contributed by atoms with E-state index in [9.17, 15) is 27.6 Å². The monoisotopic (exact) mass is 486 g/mol. The van der Waals surface area contributed by atoms with Crippen LogP contribution >= 0.6 is 0 Å². The molecule has 12 heteroatoms. The van der Waals surface area contributed by atoms with Crippen LogP contribution in [0.5, 0.6) is 0 Å². The van der Waals surface area contributed by atoms with Crippen molar-refractivity contribution >= 4 is 38.5 Å². The normalized spacial score (nSPS) is 14.2. The average Bonchev–Trinajstić information content (AvgIpc) is 3.37. The summed E-state index contributed by atoms with van der Waals surface area (Å²) < 4.78 is 32.8. The lowest BCUT2D eigenvalue weighted by molar-refractivity contribution is -0.147. The van der Waals surface area contributed by atoms with Crippen LogP contribution in [0.25, 0.3) is 10.9 Å². The third kappa shape index (κ3) is 4.92. The van der Waals surface area contributed by atoms with Crippen LogP contribution in [0.1, 0.15) is 12.8 Å². The number of carbonyl (C=O) groups excluding carboxylic acids is 2. The summed E-state index contributed by atoms with van der Waals surface area (Å²) in [6.45, 7) is -0.226. The standard InChI is InChI=1S/C22H22N4O7S/c27-19(23-15-6-5-7-16(12-15)34(31,32)25-10-3-4-11-25)14-33-20(28)13-26-18-9-2-1-8-17(18)21(29)24-22(26)30/h1-2,5-9,12H,3-4,10-11,13-14H2,(H,23,27)(H,24,29,30). The minimum atomic E-state index is -3.64. The first kappa shape index (κ1) is 23.4. The van der Waals surface area contributed by atoms with Crippen molar-refractivity contribution in [2.75, 3.05) is 25.0 Å². The number of para-hydroxylation sites is 1. The quantitative estimate of drug-likeness (QED) is 0.466. The third-order valence-electron chi connectivity index (χ3n) is 5.38. The van der Waals surface area contributed by atoms with E-state index in [-0.39, 0.29) is 21.5 Å². The summed E-state index contributed by atoms with van der Waals surface area (Å²) in [4.78, 5) is 50.7. The number of H-pyrrole nitrogens is 1. The predicted molar refractivity (Wildman–Crippen MR) is 123 cm³/mol. The molecule has 0 unspecified atom stereocenters. The van der Waals surface area contributed by atoms with Gasteiger partial charge in [0.15, 0.2) is 6.61 Å². The number of aromatic nitrogens is 2. The van der Waals surface area contributed by atoms with E-state index in [0.29, 0.717) is 13.1 Å². The average molecular weight is 487 g/mol. The van der Waals surface area contributed by atoms with Crippen LogP contribution in [0.3, 0.4) is 0 Å². The van der Waals surface area contributed by atoms with Gasteiger partial charge in [-0.1, -0.05) is 18.2 Å². The van der Waals surface area contributed by atoms with Gasteiger partial charge in [-0.3, -0.25) is 23.9 Å². The maximum Gasteiger partial charge on any atom is 0.329 e. The second kappa shape index (κ2) is 9.61. The van der Waals surface area contributed by atoms with E-state index in [2.05, 4.69) is 10.3 Å². The van der Waals surface area contributed by atoms with Crippen molar-refractivity contribution in [3.8, 4) is 0 Å². The Hall–Kier alpha value is -3.77. The Kier molecular flexibility index (Phi) is 6.61. The zero-order valence-electron chi connectivity index (χ0n) is 18.0. The van der Waals surface area contributed by atoms with Gasteiger partial charge in [0.05, 0.1) is 15.8 Å². The van der Waals surface area contributed by atoms with Crippen molar-refractivity contribution in [2.45, 2.75) is 24.3 Å². The van der Waals surface area contributed by atoms with E-state index in [0.717, 1.165) is 17.4 Å². The molecule has 3 aromatic rings. The van der Waals surface area contributed by atoms with E-state index in [1.807, 2.05) is 0 Å². The number of hydrogen-bond donors (Lipinski definition) is 2. The molecule has 4 rings (SSSR count). The molecule has 1 amide bonds. The van der Waals surface area contributed by atoms with Crippen molar-refractivity contribution in [3.05, 3.63) is 69.4 Å². The number of carbonyl (C=O) groups is 2. The molecule has 1 fully saturated rings. The van der Waals surface area contributed by atoms with Crippen LogP contribution < -0.4 is 16.6 Å². The topological polar surface area (TPSA) is 148 Å². The molecule has 2 N–H and O–H groups in total. The van der Waals surface area contributed by atoms with Crippen molar-refractivity contribution in [2.24, 2.45) is 0 Å². The number of fused-ring (bicyclic) bond motifs is 1. The maximum absolute atomic E-state index is 12.7. The fraction of sp³-hybridized carbons (Fsp3) is 0.273. The molecule has 34 heavy (non-hydrogen) atoms. The molecule has 2 aromatic carbocycles. The van der Waals surface area contributed by atoms with Crippen LogP contribution in [0.2, 0.25) is 0 Å². The number of aromatic amines is 1. The molecule has 1 aliphatic rings.